The Hall–Kier alpha value is -2.82. The predicted molar refractivity (Wildman–Crippen MR) is 111 cm³/mol. The van der Waals surface area contributed by atoms with Crippen molar-refractivity contribution in [3.8, 4) is 17.1 Å². The van der Waals surface area contributed by atoms with Gasteiger partial charge in [-0.2, -0.15) is 4.98 Å². The van der Waals surface area contributed by atoms with E-state index >= 15 is 0 Å². The molecule has 0 amide bonds. The molecule has 30 heavy (non-hydrogen) atoms. The van der Waals surface area contributed by atoms with Crippen molar-refractivity contribution in [1.82, 2.24) is 14.5 Å². The van der Waals surface area contributed by atoms with E-state index in [9.17, 15) is 18.1 Å². The number of benzene rings is 2. The van der Waals surface area contributed by atoms with E-state index in [1.807, 2.05) is 0 Å². The highest BCUT2D eigenvalue weighted by Crippen LogP contribution is 2.27. The lowest BCUT2D eigenvalue weighted by Crippen LogP contribution is -2.24. The van der Waals surface area contributed by atoms with Crippen LogP contribution in [-0.2, 0) is 17.7 Å². The Morgan fingerprint density at radius 2 is 1.90 bits per heavy atom. The maximum Gasteiger partial charge on any atom is 0.304 e. The molecule has 0 aliphatic carbocycles. The number of fused-ring (bicyclic) bond motifs is 1. The van der Waals surface area contributed by atoms with Crippen LogP contribution in [0.4, 0.5) is 8.78 Å². The first kappa shape index (κ1) is 20.5. The molecule has 0 saturated carbocycles. The number of nitrogens with zero attached hydrogens (tertiary/aromatic N) is 3. The average molecular weight is 447 g/mol. The Labute approximate surface area is 177 Å². The van der Waals surface area contributed by atoms with Gasteiger partial charge in [-0.3, -0.25) is 9.36 Å². The zero-order valence-electron chi connectivity index (χ0n) is 15.9. The number of rotatable bonds is 5. The van der Waals surface area contributed by atoms with Crippen LogP contribution in [0.15, 0.2) is 51.6 Å². The molecule has 4 rings (SSSR count). The van der Waals surface area contributed by atoms with Gasteiger partial charge >= 0.3 is 4.34 Å². The number of methoxy groups -OCH3 is 1. The summed E-state index contributed by atoms with van der Waals surface area (Å²) in [5.41, 5.74) is 0.100. The molecule has 4 aromatic rings. The van der Waals surface area contributed by atoms with E-state index in [1.165, 1.54) is 10.8 Å². The van der Waals surface area contributed by atoms with E-state index in [4.69, 9.17) is 4.74 Å². The zero-order chi connectivity index (χ0) is 21.4. The van der Waals surface area contributed by atoms with Crippen LogP contribution in [0, 0.1) is 11.6 Å². The second kappa shape index (κ2) is 8.13. The molecule has 2 aromatic heterocycles. The van der Waals surface area contributed by atoms with Gasteiger partial charge in [0.2, 0.25) is 0 Å². The minimum atomic E-state index is -1.41. The van der Waals surface area contributed by atoms with Gasteiger partial charge in [-0.15, -0.1) is 0 Å². The maximum atomic E-state index is 14.5. The minimum Gasteiger partial charge on any atom is -0.610 e. The number of ether oxygens (including phenoxy) is 1. The highest BCUT2D eigenvalue weighted by atomic mass is 32.2. The average Bonchev–Trinajstić information content (AvgIpc) is 3.17. The van der Waals surface area contributed by atoms with Crippen molar-refractivity contribution in [2.45, 2.75) is 10.9 Å². The Kier molecular flexibility index (Phi) is 5.54. The summed E-state index contributed by atoms with van der Waals surface area (Å²) in [7, 11) is 1.54. The van der Waals surface area contributed by atoms with Crippen LogP contribution in [0.2, 0.25) is 0 Å². The second-order valence-corrected chi connectivity index (χ2v) is 8.92. The van der Waals surface area contributed by atoms with Gasteiger partial charge in [-0.1, -0.05) is 12.1 Å². The van der Waals surface area contributed by atoms with Crippen molar-refractivity contribution >= 4 is 32.9 Å². The molecule has 1 unspecified atom stereocenters. The third-order valence-corrected chi connectivity index (χ3v) is 6.70. The molecule has 0 aliphatic heterocycles. The lowest BCUT2D eigenvalue weighted by Gasteiger charge is -2.13. The van der Waals surface area contributed by atoms with Crippen molar-refractivity contribution in [2.24, 2.45) is 0 Å². The van der Waals surface area contributed by atoms with Crippen LogP contribution in [-0.4, -0.2) is 32.5 Å². The van der Waals surface area contributed by atoms with E-state index in [1.54, 1.807) is 31.4 Å². The van der Waals surface area contributed by atoms with Crippen molar-refractivity contribution < 1.29 is 18.1 Å². The van der Waals surface area contributed by atoms with Crippen LogP contribution in [0.1, 0.15) is 5.56 Å². The summed E-state index contributed by atoms with van der Waals surface area (Å²) in [6.07, 6.45) is 1.45. The van der Waals surface area contributed by atoms with Crippen LogP contribution in [0.3, 0.4) is 0 Å². The van der Waals surface area contributed by atoms with Gasteiger partial charge in [0.1, 0.15) is 29.5 Å². The molecular formula is C20H15F2N3O3S2. The fraction of sp³-hybridized carbons (Fsp3) is 0.150. The molecule has 2 heterocycles. The fourth-order valence-electron chi connectivity index (χ4n) is 2.95. The monoisotopic (exact) mass is 447 g/mol. The number of hydrogen-bond donors (Lipinski definition) is 0. The molecule has 0 spiro atoms. The normalized spacial score (nSPS) is 12.3. The van der Waals surface area contributed by atoms with Gasteiger partial charge in [-0.05, 0) is 47.2 Å². The third-order valence-electron chi connectivity index (χ3n) is 4.42. The van der Waals surface area contributed by atoms with Crippen molar-refractivity contribution in [3.63, 3.8) is 0 Å². The lowest BCUT2D eigenvalue weighted by molar-refractivity contribution is 0.414. The fourth-order valence-corrected chi connectivity index (χ4v) is 4.54. The number of aromatic nitrogens is 3. The quantitative estimate of drug-likeness (QED) is 0.437. The molecule has 0 fully saturated rings. The molecule has 0 aliphatic rings. The Bertz CT molecular complexity index is 1290. The van der Waals surface area contributed by atoms with Gasteiger partial charge in [0.15, 0.2) is 10.3 Å². The molecule has 1 atom stereocenters. The molecule has 10 heteroatoms. The van der Waals surface area contributed by atoms with Crippen LogP contribution < -0.4 is 10.3 Å². The third kappa shape index (κ3) is 3.81. The molecule has 0 N–H and O–H groups in total. The summed E-state index contributed by atoms with van der Waals surface area (Å²) in [5, 5.41) is 0. The van der Waals surface area contributed by atoms with Crippen molar-refractivity contribution in [1.29, 1.82) is 0 Å². The topological polar surface area (TPSA) is 80.1 Å². The first-order valence-electron chi connectivity index (χ1n) is 8.70. The van der Waals surface area contributed by atoms with E-state index in [-0.39, 0.29) is 32.6 Å². The van der Waals surface area contributed by atoms with Gasteiger partial charge in [0.25, 0.3) is 5.56 Å². The number of thiazole rings is 1. The summed E-state index contributed by atoms with van der Waals surface area (Å²) in [5.74, 6) is -0.755. The maximum absolute atomic E-state index is 14.5. The minimum absolute atomic E-state index is 0.0302. The molecule has 2 aromatic carbocycles. The second-order valence-electron chi connectivity index (χ2n) is 6.39. The van der Waals surface area contributed by atoms with Crippen LogP contribution in [0.5, 0.6) is 5.75 Å². The van der Waals surface area contributed by atoms with Crippen molar-refractivity contribution in [2.75, 3.05) is 13.4 Å². The van der Waals surface area contributed by atoms with Gasteiger partial charge in [0.05, 0.1) is 19.2 Å². The Balaban J connectivity index is 1.95. The molecular weight excluding hydrogens is 432 g/mol. The highest BCUT2D eigenvalue weighted by molar-refractivity contribution is 7.92. The van der Waals surface area contributed by atoms with E-state index < -0.39 is 28.4 Å². The smallest absolute Gasteiger partial charge is 0.304 e. The zero-order valence-corrected chi connectivity index (χ0v) is 17.5. The largest absolute Gasteiger partial charge is 0.610 e. The summed E-state index contributed by atoms with van der Waals surface area (Å²) in [6.45, 7) is 0.0547. The molecule has 6 nitrogen and oxygen atoms in total. The van der Waals surface area contributed by atoms with Gasteiger partial charge in [0, 0.05) is 11.2 Å². The van der Waals surface area contributed by atoms with E-state index in [2.05, 4.69) is 9.97 Å². The van der Waals surface area contributed by atoms with Crippen LogP contribution >= 0.6 is 11.3 Å². The lowest BCUT2D eigenvalue weighted by atomic mass is 10.1. The Morgan fingerprint density at radius 1 is 1.17 bits per heavy atom. The standard InChI is InChI=1S/C20H15F2N3O3S2/c1-28-13-6-3-11(4-7-13)10-25-17(14-9-12(21)5-8-15(14)22)24-18-16(19(25)26)23-20(29-18)30(2)27/h3-9H,10H2,1-2H3. The summed E-state index contributed by atoms with van der Waals surface area (Å²) in [6, 6.07) is 9.95. The van der Waals surface area contributed by atoms with Gasteiger partial charge in [-0.25, -0.2) is 13.8 Å². The van der Waals surface area contributed by atoms with Gasteiger partial charge < -0.3 is 9.29 Å². The molecule has 0 radical (unpaired) electrons. The first-order valence-corrected chi connectivity index (χ1v) is 11.1. The van der Waals surface area contributed by atoms with Crippen LogP contribution in [0.25, 0.3) is 21.7 Å². The van der Waals surface area contributed by atoms with Crippen molar-refractivity contribution in [3.05, 3.63) is 70.0 Å². The SMILES string of the molecule is COc1ccc(Cn2c(-c3cc(F)ccc3F)nc3sc([S+](C)[O-])nc3c2=O)cc1. The molecule has 154 valence electrons. The van der Waals surface area contributed by atoms with E-state index in [0.717, 1.165) is 35.1 Å². The number of halogens is 2. The summed E-state index contributed by atoms with van der Waals surface area (Å²) in [4.78, 5) is 22.0. The Morgan fingerprint density at radius 3 is 2.57 bits per heavy atom. The number of hydrogen-bond acceptors (Lipinski definition) is 6. The van der Waals surface area contributed by atoms with E-state index in [0.29, 0.717) is 5.75 Å². The molecule has 0 saturated heterocycles. The summed E-state index contributed by atoms with van der Waals surface area (Å²) >= 11 is -0.416. The highest BCUT2D eigenvalue weighted by Gasteiger charge is 2.22. The predicted octanol–water partition coefficient (Wildman–Crippen LogP) is 3.59. The summed E-state index contributed by atoms with van der Waals surface area (Å²) < 4.78 is 46.8. The molecule has 0 bridgehead atoms. The first-order chi connectivity index (χ1) is 14.4.